The number of hydrogen-bond acceptors (Lipinski definition) is 6. The summed E-state index contributed by atoms with van der Waals surface area (Å²) in [5.74, 6) is 0.678. The molecule has 0 spiro atoms. The van der Waals surface area contributed by atoms with Gasteiger partial charge in [-0.25, -0.2) is 4.98 Å². The van der Waals surface area contributed by atoms with Gasteiger partial charge >= 0.3 is 6.18 Å². The Hall–Kier alpha value is -3.01. The van der Waals surface area contributed by atoms with Gasteiger partial charge in [0.2, 0.25) is 0 Å². The number of nitrogens with one attached hydrogen (secondary N) is 1. The number of nitrogens with zero attached hydrogens (tertiary/aromatic N) is 2. The minimum atomic E-state index is -4.41. The standard InChI is InChI=1S/C21H20F3N3O3S/c1-29-15-4-3-5-16(30-2)18(15)19(28)27-9-8-13(11-27)25-20-26-14-10-12(21(22,23)24)6-7-17(14)31-20/h3-7,10,13H,8-9,11H2,1-2H3,(H,25,26)/t13-/m1/s1. The Morgan fingerprint density at radius 3 is 2.55 bits per heavy atom. The van der Waals surface area contributed by atoms with Crippen molar-refractivity contribution in [2.45, 2.75) is 18.6 Å². The van der Waals surface area contributed by atoms with Gasteiger partial charge < -0.3 is 19.7 Å². The molecular weight excluding hydrogens is 431 g/mol. The Morgan fingerprint density at radius 2 is 1.90 bits per heavy atom. The number of rotatable bonds is 5. The summed E-state index contributed by atoms with van der Waals surface area (Å²) in [6.45, 7) is 0.963. The summed E-state index contributed by atoms with van der Waals surface area (Å²) < 4.78 is 50.1. The van der Waals surface area contributed by atoms with Crippen LogP contribution < -0.4 is 14.8 Å². The predicted octanol–water partition coefficient (Wildman–Crippen LogP) is 4.66. The van der Waals surface area contributed by atoms with Crippen molar-refractivity contribution < 1.29 is 27.4 Å². The molecule has 3 aromatic rings. The van der Waals surface area contributed by atoms with Gasteiger partial charge in [0, 0.05) is 19.1 Å². The van der Waals surface area contributed by atoms with Gasteiger partial charge in [-0.05, 0) is 36.8 Å². The van der Waals surface area contributed by atoms with Crippen LogP contribution in [-0.4, -0.2) is 49.1 Å². The lowest BCUT2D eigenvalue weighted by atomic mass is 10.1. The normalized spacial score (nSPS) is 16.5. The van der Waals surface area contributed by atoms with Gasteiger partial charge in [0.05, 0.1) is 30.0 Å². The first-order valence-electron chi connectivity index (χ1n) is 9.54. The lowest BCUT2D eigenvalue weighted by Crippen LogP contribution is -2.32. The van der Waals surface area contributed by atoms with E-state index >= 15 is 0 Å². The van der Waals surface area contributed by atoms with Crippen LogP contribution >= 0.6 is 11.3 Å². The molecule has 1 aromatic heterocycles. The van der Waals surface area contributed by atoms with Gasteiger partial charge in [-0.2, -0.15) is 13.2 Å². The smallest absolute Gasteiger partial charge is 0.416 e. The summed E-state index contributed by atoms with van der Waals surface area (Å²) >= 11 is 1.29. The predicted molar refractivity (Wildman–Crippen MR) is 112 cm³/mol. The van der Waals surface area contributed by atoms with Crippen molar-refractivity contribution in [1.82, 2.24) is 9.88 Å². The highest BCUT2D eigenvalue weighted by atomic mass is 32.1. The van der Waals surface area contributed by atoms with Gasteiger partial charge in [0.15, 0.2) is 5.13 Å². The first-order valence-corrected chi connectivity index (χ1v) is 10.4. The molecule has 1 amide bonds. The zero-order valence-corrected chi connectivity index (χ0v) is 17.6. The monoisotopic (exact) mass is 451 g/mol. The van der Waals surface area contributed by atoms with Crippen molar-refractivity contribution in [1.29, 1.82) is 0 Å². The van der Waals surface area contributed by atoms with Crippen LogP contribution in [0.1, 0.15) is 22.3 Å². The fourth-order valence-electron chi connectivity index (χ4n) is 3.62. The lowest BCUT2D eigenvalue weighted by Gasteiger charge is -2.20. The average molecular weight is 451 g/mol. The second kappa shape index (κ2) is 8.26. The van der Waals surface area contributed by atoms with Gasteiger partial charge in [0.25, 0.3) is 5.91 Å². The van der Waals surface area contributed by atoms with Crippen LogP contribution in [0.2, 0.25) is 0 Å². The van der Waals surface area contributed by atoms with E-state index in [0.29, 0.717) is 51.9 Å². The Morgan fingerprint density at radius 1 is 1.19 bits per heavy atom. The minimum Gasteiger partial charge on any atom is -0.496 e. The van der Waals surface area contributed by atoms with Crippen molar-refractivity contribution in [2.75, 3.05) is 32.6 Å². The van der Waals surface area contributed by atoms with Crippen LogP contribution in [0.4, 0.5) is 18.3 Å². The molecule has 0 radical (unpaired) electrons. The number of amides is 1. The molecule has 2 heterocycles. The number of carbonyl (C=O) groups is 1. The Labute approximate surface area is 180 Å². The van der Waals surface area contributed by atoms with Crippen LogP contribution in [0.5, 0.6) is 11.5 Å². The molecule has 1 atom stereocenters. The number of aromatic nitrogens is 1. The summed E-state index contributed by atoms with van der Waals surface area (Å²) in [4.78, 5) is 19.1. The van der Waals surface area contributed by atoms with Crippen LogP contribution in [0.25, 0.3) is 10.2 Å². The molecule has 1 aliphatic rings. The number of carbonyl (C=O) groups excluding carboxylic acids is 1. The highest BCUT2D eigenvalue weighted by Crippen LogP contribution is 2.35. The highest BCUT2D eigenvalue weighted by molar-refractivity contribution is 7.22. The third kappa shape index (κ3) is 4.25. The summed E-state index contributed by atoms with van der Waals surface area (Å²) in [7, 11) is 2.99. The van der Waals surface area contributed by atoms with Crippen molar-refractivity contribution in [3.8, 4) is 11.5 Å². The number of anilines is 1. The van der Waals surface area contributed by atoms with E-state index in [1.54, 1.807) is 23.1 Å². The SMILES string of the molecule is COc1cccc(OC)c1C(=O)N1CC[C@@H](Nc2nc3cc(C(F)(F)F)ccc3s2)C1. The molecule has 6 nitrogen and oxygen atoms in total. The third-order valence-electron chi connectivity index (χ3n) is 5.16. The quantitative estimate of drug-likeness (QED) is 0.612. The molecule has 0 aliphatic carbocycles. The van der Waals surface area contributed by atoms with E-state index in [-0.39, 0.29) is 11.9 Å². The molecule has 0 bridgehead atoms. The van der Waals surface area contributed by atoms with E-state index in [2.05, 4.69) is 10.3 Å². The largest absolute Gasteiger partial charge is 0.496 e. The van der Waals surface area contributed by atoms with E-state index in [1.165, 1.54) is 31.6 Å². The number of methoxy groups -OCH3 is 2. The number of fused-ring (bicyclic) bond motifs is 1. The highest BCUT2D eigenvalue weighted by Gasteiger charge is 2.32. The van der Waals surface area contributed by atoms with E-state index < -0.39 is 11.7 Å². The van der Waals surface area contributed by atoms with Crippen molar-refractivity contribution in [3.05, 3.63) is 47.5 Å². The molecular formula is C21H20F3N3O3S. The molecule has 31 heavy (non-hydrogen) atoms. The number of benzene rings is 2. The fraction of sp³-hybridized carbons (Fsp3) is 0.333. The Balaban J connectivity index is 1.48. The van der Waals surface area contributed by atoms with Crippen LogP contribution in [0.3, 0.4) is 0 Å². The van der Waals surface area contributed by atoms with Crippen LogP contribution in [0, 0.1) is 0 Å². The zero-order chi connectivity index (χ0) is 22.2. The maximum Gasteiger partial charge on any atom is 0.416 e. The van der Waals surface area contributed by atoms with E-state index in [0.717, 1.165) is 12.1 Å². The summed E-state index contributed by atoms with van der Waals surface area (Å²) in [6.07, 6.45) is -3.72. The first kappa shape index (κ1) is 21.2. The van der Waals surface area contributed by atoms with Gasteiger partial charge in [-0.3, -0.25) is 4.79 Å². The number of likely N-dealkylation sites (tertiary alicyclic amines) is 1. The Bertz CT molecular complexity index is 1090. The fourth-order valence-corrected chi connectivity index (χ4v) is 4.55. The van der Waals surface area contributed by atoms with Gasteiger partial charge in [0.1, 0.15) is 17.1 Å². The molecule has 1 saturated heterocycles. The van der Waals surface area contributed by atoms with Crippen molar-refractivity contribution in [3.63, 3.8) is 0 Å². The summed E-state index contributed by atoms with van der Waals surface area (Å²) in [5, 5.41) is 3.78. The van der Waals surface area contributed by atoms with Gasteiger partial charge in [-0.15, -0.1) is 0 Å². The maximum atomic E-state index is 13.1. The number of halogens is 3. The molecule has 1 N–H and O–H groups in total. The van der Waals surface area contributed by atoms with Crippen molar-refractivity contribution in [2.24, 2.45) is 0 Å². The first-order chi connectivity index (χ1) is 14.8. The second-order valence-electron chi connectivity index (χ2n) is 7.12. The topological polar surface area (TPSA) is 63.7 Å². The minimum absolute atomic E-state index is 0.0627. The third-order valence-corrected chi connectivity index (χ3v) is 6.13. The molecule has 1 aliphatic heterocycles. The molecule has 10 heteroatoms. The molecule has 2 aromatic carbocycles. The number of hydrogen-bond donors (Lipinski definition) is 1. The number of alkyl halides is 3. The van der Waals surface area contributed by atoms with E-state index in [1.807, 2.05) is 0 Å². The van der Waals surface area contributed by atoms with Crippen LogP contribution in [0.15, 0.2) is 36.4 Å². The molecule has 164 valence electrons. The van der Waals surface area contributed by atoms with E-state index in [4.69, 9.17) is 9.47 Å². The van der Waals surface area contributed by atoms with Gasteiger partial charge in [-0.1, -0.05) is 17.4 Å². The summed E-state index contributed by atoms with van der Waals surface area (Å²) in [6, 6.07) is 8.64. The second-order valence-corrected chi connectivity index (χ2v) is 8.15. The molecule has 0 unspecified atom stereocenters. The lowest BCUT2D eigenvalue weighted by molar-refractivity contribution is -0.137. The summed E-state index contributed by atoms with van der Waals surface area (Å²) in [5.41, 5.74) is -0.0555. The zero-order valence-electron chi connectivity index (χ0n) is 16.8. The number of ether oxygens (including phenoxy) is 2. The molecule has 4 rings (SSSR count). The molecule has 1 fully saturated rings. The molecule has 0 saturated carbocycles. The number of thiazole rings is 1. The Kier molecular flexibility index (Phi) is 5.65. The van der Waals surface area contributed by atoms with Crippen LogP contribution in [-0.2, 0) is 6.18 Å². The average Bonchev–Trinajstić information content (AvgIpc) is 3.37. The van der Waals surface area contributed by atoms with E-state index in [9.17, 15) is 18.0 Å². The van der Waals surface area contributed by atoms with Crippen molar-refractivity contribution >= 4 is 32.6 Å². The maximum absolute atomic E-state index is 13.1.